The molecule has 22 heavy (non-hydrogen) atoms. The van der Waals surface area contributed by atoms with Crippen molar-refractivity contribution < 1.29 is 4.79 Å². The summed E-state index contributed by atoms with van der Waals surface area (Å²) in [5.74, 6) is 0. The quantitative estimate of drug-likeness (QED) is 0.677. The van der Waals surface area contributed by atoms with Gasteiger partial charge in [0, 0.05) is 29.7 Å². The van der Waals surface area contributed by atoms with Crippen LogP contribution in [0.5, 0.6) is 0 Å². The van der Waals surface area contributed by atoms with Crippen molar-refractivity contribution in [3.05, 3.63) is 71.4 Å². The minimum Gasteiger partial charge on any atom is -0.358 e. The number of benzene rings is 2. The molecular weight excluding hydrogens is 274 g/mol. The van der Waals surface area contributed by atoms with E-state index in [0.29, 0.717) is 13.1 Å². The molecule has 4 nitrogen and oxygen atoms in total. The zero-order valence-corrected chi connectivity index (χ0v) is 12.5. The summed E-state index contributed by atoms with van der Waals surface area (Å²) in [4.78, 5) is 15.3. The molecule has 0 bridgehead atoms. The van der Waals surface area contributed by atoms with E-state index in [2.05, 4.69) is 21.7 Å². The van der Waals surface area contributed by atoms with Crippen molar-refractivity contribution in [2.45, 2.75) is 20.0 Å². The van der Waals surface area contributed by atoms with E-state index in [-0.39, 0.29) is 6.03 Å². The first-order valence-corrected chi connectivity index (χ1v) is 7.36. The van der Waals surface area contributed by atoms with Gasteiger partial charge in [-0.05, 0) is 24.1 Å². The van der Waals surface area contributed by atoms with Crippen LogP contribution in [0.1, 0.15) is 16.8 Å². The van der Waals surface area contributed by atoms with Gasteiger partial charge >= 0.3 is 6.03 Å². The van der Waals surface area contributed by atoms with E-state index in [1.54, 1.807) is 0 Å². The minimum absolute atomic E-state index is 0.159. The Bertz CT molecular complexity index is 777. The molecule has 0 aliphatic rings. The molecule has 0 spiro atoms. The van der Waals surface area contributed by atoms with Crippen molar-refractivity contribution in [2.75, 3.05) is 0 Å². The van der Waals surface area contributed by atoms with Gasteiger partial charge < -0.3 is 15.6 Å². The summed E-state index contributed by atoms with van der Waals surface area (Å²) in [7, 11) is 0. The zero-order valence-electron chi connectivity index (χ0n) is 12.5. The van der Waals surface area contributed by atoms with Crippen LogP contribution in [0.2, 0.25) is 0 Å². The predicted octanol–water partition coefficient (Wildman–Crippen LogP) is 3.48. The molecule has 112 valence electrons. The van der Waals surface area contributed by atoms with Crippen molar-refractivity contribution in [3.8, 4) is 0 Å². The van der Waals surface area contributed by atoms with E-state index < -0.39 is 0 Å². The number of aromatic amines is 1. The average Bonchev–Trinajstić information content (AvgIpc) is 2.87. The smallest absolute Gasteiger partial charge is 0.315 e. The summed E-state index contributed by atoms with van der Waals surface area (Å²) >= 11 is 0. The Kier molecular flexibility index (Phi) is 4.10. The molecule has 0 radical (unpaired) electrons. The van der Waals surface area contributed by atoms with Gasteiger partial charge in [0.15, 0.2) is 0 Å². The normalized spacial score (nSPS) is 10.6. The topological polar surface area (TPSA) is 56.9 Å². The third-order valence-corrected chi connectivity index (χ3v) is 3.75. The van der Waals surface area contributed by atoms with Crippen molar-refractivity contribution in [1.82, 2.24) is 15.6 Å². The molecule has 1 aromatic heterocycles. The SMILES string of the molecule is Cc1[nH]c2ccccc2c1CNC(=O)NCc1ccccc1. The van der Waals surface area contributed by atoms with Gasteiger partial charge in [-0.1, -0.05) is 48.5 Å². The first-order chi connectivity index (χ1) is 10.7. The number of H-pyrrole nitrogens is 1. The van der Waals surface area contributed by atoms with Crippen molar-refractivity contribution in [2.24, 2.45) is 0 Å². The first-order valence-electron chi connectivity index (χ1n) is 7.36. The van der Waals surface area contributed by atoms with Crippen LogP contribution >= 0.6 is 0 Å². The van der Waals surface area contributed by atoms with Gasteiger partial charge in [-0.25, -0.2) is 4.79 Å². The van der Waals surface area contributed by atoms with Crippen LogP contribution in [0, 0.1) is 6.92 Å². The minimum atomic E-state index is -0.159. The second kappa shape index (κ2) is 6.35. The number of carbonyl (C=O) groups excluding carboxylic acids is 1. The number of aromatic nitrogens is 1. The number of fused-ring (bicyclic) bond motifs is 1. The monoisotopic (exact) mass is 293 g/mol. The van der Waals surface area contributed by atoms with E-state index in [1.165, 1.54) is 0 Å². The van der Waals surface area contributed by atoms with Crippen molar-refractivity contribution >= 4 is 16.9 Å². The highest BCUT2D eigenvalue weighted by atomic mass is 16.2. The Hall–Kier alpha value is -2.75. The molecule has 0 saturated heterocycles. The van der Waals surface area contributed by atoms with Crippen LogP contribution in [0.4, 0.5) is 4.79 Å². The lowest BCUT2D eigenvalue weighted by molar-refractivity contribution is 0.240. The Labute approximate surface area is 129 Å². The molecule has 0 fully saturated rings. The summed E-state index contributed by atoms with van der Waals surface area (Å²) in [5, 5.41) is 6.94. The number of hydrogen-bond donors (Lipinski definition) is 3. The summed E-state index contributed by atoms with van der Waals surface area (Å²) in [6.07, 6.45) is 0. The highest BCUT2D eigenvalue weighted by Crippen LogP contribution is 2.21. The molecule has 0 aliphatic heterocycles. The number of aryl methyl sites for hydroxylation is 1. The lowest BCUT2D eigenvalue weighted by Crippen LogP contribution is -2.34. The second-order valence-corrected chi connectivity index (χ2v) is 5.30. The molecule has 3 N–H and O–H groups in total. The third-order valence-electron chi connectivity index (χ3n) is 3.75. The van der Waals surface area contributed by atoms with Crippen molar-refractivity contribution in [1.29, 1.82) is 0 Å². The Morgan fingerprint density at radius 3 is 2.45 bits per heavy atom. The number of rotatable bonds is 4. The molecular formula is C18H19N3O. The van der Waals surface area contributed by atoms with Gasteiger partial charge in [0.1, 0.15) is 0 Å². The number of hydrogen-bond acceptors (Lipinski definition) is 1. The Balaban J connectivity index is 1.59. The first kappa shape index (κ1) is 14.2. The highest BCUT2D eigenvalue weighted by Gasteiger charge is 2.09. The summed E-state index contributed by atoms with van der Waals surface area (Å²) in [6.45, 7) is 3.06. The average molecular weight is 293 g/mol. The van der Waals surface area contributed by atoms with Gasteiger partial charge in [-0.2, -0.15) is 0 Å². The van der Waals surface area contributed by atoms with Crippen LogP contribution in [0.25, 0.3) is 10.9 Å². The highest BCUT2D eigenvalue weighted by molar-refractivity contribution is 5.85. The molecule has 0 atom stereocenters. The number of carbonyl (C=O) groups is 1. The van der Waals surface area contributed by atoms with E-state index in [4.69, 9.17) is 0 Å². The predicted molar refractivity (Wildman–Crippen MR) is 88.6 cm³/mol. The van der Waals surface area contributed by atoms with Crippen LogP contribution in [-0.2, 0) is 13.1 Å². The van der Waals surface area contributed by atoms with Crippen molar-refractivity contribution in [3.63, 3.8) is 0 Å². The Morgan fingerprint density at radius 1 is 0.955 bits per heavy atom. The number of nitrogens with one attached hydrogen (secondary N) is 3. The summed E-state index contributed by atoms with van der Waals surface area (Å²) in [6, 6.07) is 17.8. The van der Waals surface area contributed by atoms with E-state index >= 15 is 0 Å². The fraction of sp³-hybridized carbons (Fsp3) is 0.167. The largest absolute Gasteiger partial charge is 0.358 e. The fourth-order valence-electron chi connectivity index (χ4n) is 2.57. The lowest BCUT2D eigenvalue weighted by Gasteiger charge is -2.08. The number of urea groups is 1. The van der Waals surface area contributed by atoms with E-state index in [1.807, 2.05) is 55.5 Å². The lowest BCUT2D eigenvalue weighted by atomic mass is 10.1. The summed E-state index contributed by atoms with van der Waals surface area (Å²) in [5.41, 5.74) is 4.40. The van der Waals surface area contributed by atoms with Gasteiger partial charge in [-0.3, -0.25) is 0 Å². The zero-order chi connectivity index (χ0) is 15.4. The van der Waals surface area contributed by atoms with Crippen LogP contribution in [0.15, 0.2) is 54.6 Å². The maximum absolute atomic E-state index is 11.9. The maximum atomic E-state index is 11.9. The Morgan fingerprint density at radius 2 is 1.64 bits per heavy atom. The van der Waals surface area contributed by atoms with Crippen LogP contribution in [0.3, 0.4) is 0 Å². The molecule has 3 rings (SSSR count). The van der Waals surface area contributed by atoms with E-state index in [9.17, 15) is 4.79 Å². The van der Waals surface area contributed by atoms with E-state index in [0.717, 1.165) is 27.7 Å². The van der Waals surface area contributed by atoms with Crippen LogP contribution in [-0.4, -0.2) is 11.0 Å². The molecule has 2 amide bonds. The molecule has 1 heterocycles. The maximum Gasteiger partial charge on any atom is 0.315 e. The second-order valence-electron chi connectivity index (χ2n) is 5.30. The van der Waals surface area contributed by atoms with Gasteiger partial charge in [0.2, 0.25) is 0 Å². The molecule has 0 unspecified atom stereocenters. The van der Waals surface area contributed by atoms with Gasteiger partial charge in [-0.15, -0.1) is 0 Å². The number of amides is 2. The molecule has 2 aromatic carbocycles. The summed E-state index contributed by atoms with van der Waals surface area (Å²) < 4.78 is 0. The fourth-order valence-corrected chi connectivity index (χ4v) is 2.57. The number of para-hydroxylation sites is 1. The van der Waals surface area contributed by atoms with Crippen LogP contribution < -0.4 is 10.6 Å². The third kappa shape index (κ3) is 3.11. The standard InChI is InChI=1S/C18H19N3O/c1-13-16(15-9-5-6-10-17(15)21-13)12-20-18(22)19-11-14-7-3-2-4-8-14/h2-10,21H,11-12H2,1H3,(H2,19,20,22). The molecule has 3 aromatic rings. The molecule has 4 heteroatoms. The van der Waals surface area contributed by atoms with Gasteiger partial charge in [0.25, 0.3) is 0 Å². The molecule has 0 saturated carbocycles. The van der Waals surface area contributed by atoms with Gasteiger partial charge in [0.05, 0.1) is 0 Å². The molecule has 0 aliphatic carbocycles.